The van der Waals surface area contributed by atoms with E-state index in [1.807, 2.05) is 6.07 Å². The molecule has 0 radical (unpaired) electrons. The molecular formula is C14H22N4O2S. The van der Waals surface area contributed by atoms with Crippen LogP contribution in [-0.4, -0.2) is 67.5 Å². The molecule has 3 heterocycles. The standard InChI is InChI=1S/C14H22N4O2S/c19-21(20)9-2-13(3-10-21)11-17-5-7-18(8-6-17)14-1-4-15-12-16-14/h1,4,12-13H,2-3,5-11H2. The van der Waals surface area contributed by atoms with Crippen molar-refractivity contribution in [2.45, 2.75) is 12.8 Å². The number of rotatable bonds is 3. The molecule has 0 amide bonds. The summed E-state index contributed by atoms with van der Waals surface area (Å²) in [6, 6.07) is 1.95. The van der Waals surface area contributed by atoms with Gasteiger partial charge in [0.2, 0.25) is 0 Å². The summed E-state index contributed by atoms with van der Waals surface area (Å²) in [6.07, 6.45) is 5.02. The van der Waals surface area contributed by atoms with Crippen LogP contribution in [0.5, 0.6) is 0 Å². The van der Waals surface area contributed by atoms with Crippen LogP contribution in [0.15, 0.2) is 18.6 Å². The van der Waals surface area contributed by atoms with Gasteiger partial charge in [0.05, 0.1) is 11.5 Å². The van der Waals surface area contributed by atoms with Crippen molar-refractivity contribution in [3.8, 4) is 0 Å². The zero-order valence-corrected chi connectivity index (χ0v) is 13.0. The molecule has 0 N–H and O–H groups in total. The second kappa shape index (κ2) is 6.27. The van der Waals surface area contributed by atoms with Crippen molar-refractivity contribution < 1.29 is 8.42 Å². The van der Waals surface area contributed by atoms with Gasteiger partial charge in [0.25, 0.3) is 0 Å². The molecule has 0 bridgehead atoms. The number of anilines is 1. The van der Waals surface area contributed by atoms with Gasteiger partial charge in [-0.3, -0.25) is 4.90 Å². The van der Waals surface area contributed by atoms with E-state index in [0.717, 1.165) is 51.4 Å². The summed E-state index contributed by atoms with van der Waals surface area (Å²) in [5.41, 5.74) is 0. The fraction of sp³-hybridized carbons (Fsp3) is 0.714. The third-order valence-electron chi connectivity index (χ3n) is 4.45. The number of hydrogen-bond acceptors (Lipinski definition) is 6. The largest absolute Gasteiger partial charge is 0.354 e. The summed E-state index contributed by atoms with van der Waals surface area (Å²) in [4.78, 5) is 13.0. The number of sulfone groups is 1. The van der Waals surface area contributed by atoms with E-state index < -0.39 is 9.84 Å². The highest BCUT2D eigenvalue weighted by atomic mass is 32.2. The van der Waals surface area contributed by atoms with Crippen molar-refractivity contribution in [1.82, 2.24) is 14.9 Å². The predicted molar refractivity (Wildman–Crippen MR) is 82.1 cm³/mol. The molecular weight excluding hydrogens is 288 g/mol. The molecule has 0 aliphatic carbocycles. The molecule has 0 aromatic carbocycles. The minimum absolute atomic E-state index is 0.374. The van der Waals surface area contributed by atoms with Gasteiger partial charge in [-0.1, -0.05) is 0 Å². The minimum atomic E-state index is -2.74. The molecule has 6 nitrogen and oxygen atoms in total. The van der Waals surface area contributed by atoms with Crippen molar-refractivity contribution in [3.63, 3.8) is 0 Å². The summed E-state index contributed by atoms with van der Waals surface area (Å²) in [5.74, 6) is 2.28. The quantitative estimate of drug-likeness (QED) is 0.806. The van der Waals surface area contributed by atoms with Gasteiger partial charge in [0.1, 0.15) is 22.0 Å². The summed E-state index contributed by atoms with van der Waals surface area (Å²) in [6.45, 7) is 5.03. The third kappa shape index (κ3) is 3.91. The maximum Gasteiger partial charge on any atom is 0.150 e. The van der Waals surface area contributed by atoms with Crippen molar-refractivity contribution >= 4 is 15.7 Å². The van der Waals surface area contributed by atoms with Gasteiger partial charge in [0, 0.05) is 38.9 Å². The van der Waals surface area contributed by atoms with Crippen LogP contribution in [0.2, 0.25) is 0 Å². The normalized spacial score (nSPS) is 24.1. The topological polar surface area (TPSA) is 66.4 Å². The van der Waals surface area contributed by atoms with Crippen molar-refractivity contribution in [1.29, 1.82) is 0 Å². The van der Waals surface area contributed by atoms with E-state index in [1.54, 1.807) is 12.5 Å². The zero-order chi connectivity index (χ0) is 14.7. The smallest absolute Gasteiger partial charge is 0.150 e. The summed E-state index contributed by atoms with van der Waals surface area (Å²) in [5, 5.41) is 0. The summed E-state index contributed by atoms with van der Waals surface area (Å²) < 4.78 is 22.9. The Morgan fingerprint density at radius 2 is 1.86 bits per heavy atom. The fourth-order valence-corrected chi connectivity index (χ4v) is 4.71. The minimum Gasteiger partial charge on any atom is -0.354 e. The van der Waals surface area contributed by atoms with Crippen molar-refractivity contribution in [2.24, 2.45) is 5.92 Å². The van der Waals surface area contributed by atoms with E-state index >= 15 is 0 Å². The highest BCUT2D eigenvalue weighted by Crippen LogP contribution is 2.21. The fourth-order valence-electron chi connectivity index (χ4n) is 3.12. The second-order valence-electron chi connectivity index (χ2n) is 5.95. The molecule has 2 fully saturated rings. The Bertz CT molecular complexity index is 542. The van der Waals surface area contributed by atoms with Gasteiger partial charge in [-0.15, -0.1) is 0 Å². The number of piperazine rings is 1. The predicted octanol–water partition coefficient (Wildman–Crippen LogP) is 0.423. The molecule has 2 saturated heterocycles. The van der Waals surface area contributed by atoms with E-state index in [0.29, 0.717) is 17.4 Å². The lowest BCUT2D eigenvalue weighted by atomic mass is 10.0. The lowest BCUT2D eigenvalue weighted by Gasteiger charge is -2.37. The highest BCUT2D eigenvalue weighted by Gasteiger charge is 2.26. The number of aromatic nitrogens is 2. The van der Waals surface area contributed by atoms with Crippen LogP contribution in [0.3, 0.4) is 0 Å². The summed E-state index contributed by atoms with van der Waals surface area (Å²) in [7, 11) is -2.74. The van der Waals surface area contributed by atoms with Crippen molar-refractivity contribution in [3.05, 3.63) is 18.6 Å². The number of hydrogen-bond donors (Lipinski definition) is 0. The Morgan fingerprint density at radius 1 is 1.14 bits per heavy atom. The zero-order valence-electron chi connectivity index (χ0n) is 12.2. The van der Waals surface area contributed by atoms with Gasteiger partial charge in [-0.05, 0) is 24.8 Å². The average molecular weight is 310 g/mol. The molecule has 0 spiro atoms. The highest BCUT2D eigenvalue weighted by molar-refractivity contribution is 7.91. The first-order chi connectivity index (χ1) is 10.1. The van der Waals surface area contributed by atoms with Gasteiger partial charge < -0.3 is 4.90 Å². The maximum absolute atomic E-state index is 11.5. The van der Waals surface area contributed by atoms with Crippen LogP contribution < -0.4 is 4.90 Å². The molecule has 116 valence electrons. The second-order valence-corrected chi connectivity index (χ2v) is 8.25. The SMILES string of the molecule is O=S1(=O)CCC(CN2CCN(c3ccncn3)CC2)CC1. The van der Waals surface area contributed by atoms with Crippen LogP contribution in [0.25, 0.3) is 0 Å². The van der Waals surface area contributed by atoms with Gasteiger partial charge >= 0.3 is 0 Å². The lowest BCUT2D eigenvalue weighted by Crippen LogP contribution is -2.48. The monoisotopic (exact) mass is 310 g/mol. The molecule has 0 unspecified atom stereocenters. The molecule has 1 aromatic heterocycles. The van der Waals surface area contributed by atoms with Gasteiger partial charge in [-0.25, -0.2) is 18.4 Å². The van der Waals surface area contributed by atoms with Crippen LogP contribution in [0.1, 0.15) is 12.8 Å². The summed E-state index contributed by atoms with van der Waals surface area (Å²) >= 11 is 0. The van der Waals surface area contributed by atoms with Gasteiger partial charge in [0.15, 0.2) is 0 Å². The van der Waals surface area contributed by atoms with E-state index in [4.69, 9.17) is 0 Å². The maximum atomic E-state index is 11.5. The number of nitrogens with zero attached hydrogens (tertiary/aromatic N) is 4. The van der Waals surface area contributed by atoms with Crippen LogP contribution >= 0.6 is 0 Å². The van der Waals surface area contributed by atoms with E-state index in [2.05, 4.69) is 19.8 Å². The molecule has 0 saturated carbocycles. The van der Waals surface area contributed by atoms with Gasteiger partial charge in [-0.2, -0.15) is 0 Å². The first-order valence-electron chi connectivity index (χ1n) is 7.56. The first kappa shape index (κ1) is 14.7. The molecule has 1 aromatic rings. The molecule has 2 aliphatic heterocycles. The molecule has 21 heavy (non-hydrogen) atoms. The molecule has 0 atom stereocenters. The Balaban J connectivity index is 1.46. The molecule has 2 aliphatic rings. The van der Waals surface area contributed by atoms with Crippen LogP contribution in [0.4, 0.5) is 5.82 Å². The molecule has 3 rings (SSSR count). The van der Waals surface area contributed by atoms with Crippen molar-refractivity contribution in [2.75, 3.05) is 49.1 Å². The average Bonchev–Trinajstić information content (AvgIpc) is 2.51. The van der Waals surface area contributed by atoms with Crippen LogP contribution in [-0.2, 0) is 9.84 Å². The Hall–Kier alpha value is -1.21. The Kier molecular flexibility index (Phi) is 4.40. The first-order valence-corrected chi connectivity index (χ1v) is 9.38. The van der Waals surface area contributed by atoms with E-state index in [1.165, 1.54) is 0 Å². The Labute approximate surface area is 126 Å². The van der Waals surface area contributed by atoms with E-state index in [9.17, 15) is 8.42 Å². The third-order valence-corrected chi connectivity index (χ3v) is 6.17. The lowest BCUT2D eigenvalue weighted by molar-refractivity contribution is 0.211. The molecule has 7 heteroatoms. The van der Waals surface area contributed by atoms with Crippen LogP contribution in [0, 0.1) is 5.92 Å². The van der Waals surface area contributed by atoms with E-state index in [-0.39, 0.29) is 0 Å². The Morgan fingerprint density at radius 3 is 2.48 bits per heavy atom.